The molecular weight excluding hydrogens is 613 g/mol. The fourth-order valence-corrected chi connectivity index (χ4v) is 11.6. The van der Waals surface area contributed by atoms with E-state index in [0.29, 0.717) is 26.0 Å². The highest BCUT2D eigenvalue weighted by Gasteiger charge is 2.56. The summed E-state index contributed by atoms with van der Waals surface area (Å²) in [7, 11) is -2.65. The van der Waals surface area contributed by atoms with E-state index in [9.17, 15) is 19.8 Å². The van der Waals surface area contributed by atoms with Crippen molar-refractivity contribution >= 4 is 30.7 Å². The number of nitrogens with one attached hydrogen (secondary N) is 2. The number of aliphatic hydroxyl groups is 2. The molecule has 3 aromatic carbocycles. The predicted octanol–water partition coefficient (Wildman–Crippen LogP) is 3.80. The zero-order valence-electron chi connectivity index (χ0n) is 27.6. The number of benzene rings is 3. The first kappa shape index (κ1) is 34.8. The van der Waals surface area contributed by atoms with Gasteiger partial charge in [0.25, 0.3) is 8.32 Å². The van der Waals surface area contributed by atoms with Crippen LogP contribution >= 0.6 is 0 Å². The number of ether oxygens (including phenoxy) is 2. The number of aliphatic hydroxyl groups excluding tert-OH is 1. The van der Waals surface area contributed by atoms with Gasteiger partial charge in [0, 0.05) is 32.4 Å². The molecule has 5 atom stereocenters. The van der Waals surface area contributed by atoms with E-state index in [1.165, 1.54) is 10.4 Å². The van der Waals surface area contributed by atoms with Crippen molar-refractivity contribution in [1.82, 2.24) is 10.6 Å². The average molecular weight is 661 g/mol. The van der Waals surface area contributed by atoms with Crippen LogP contribution in [0.5, 0.6) is 0 Å². The van der Waals surface area contributed by atoms with Crippen LogP contribution in [-0.2, 0) is 25.3 Å². The summed E-state index contributed by atoms with van der Waals surface area (Å²) in [6, 6.07) is 29.2. The Bertz CT molecular complexity index is 1410. The van der Waals surface area contributed by atoms with Gasteiger partial charge in [0.15, 0.2) is 0 Å². The number of unbranched alkanes of at least 4 members (excludes halogenated alkanes) is 1. The highest BCUT2D eigenvalue weighted by Crippen LogP contribution is 2.44. The lowest BCUT2D eigenvalue weighted by Gasteiger charge is -2.43. The summed E-state index contributed by atoms with van der Waals surface area (Å²) in [5, 5.41) is 29.4. The summed E-state index contributed by atoms with van der Waals surface area (Å²) >= 11 is 0. The molecule has 4 unspecified atom stereocenters. The Hall–Kier alpha value is -3.54. The first-order valence-electron chi connectivity index (χ1n) is 16.6. The van der Waals surface area contributed by atoms with Crippen molar-refractivity contribution in [1.29, 1.82) is 0 Å². The maximum atomic E-state index is 13.4. The maximum absolute atomic E-state index is 13.4. The number of alkyl carbamates (subject to hydrolysis) is 1. The third kappa shape index (κ3) is 8.13. The summed E-state index contributed by atoms with van der Waals surface area (Å²) in [4.78, 5) is 26.2. The Kier molecular flexibility index (Phi) is 11.2. The van der Waals surface area contributed by atoms with Crippen LogP contribution in [0.3, 0.4) is 0 Å². The van der Waals surface area contributed by atoms with Gasteiger partial charge in [-0.25, -0.2) is 4.79 Å². The van der Waals surface area contributed by atoms with Gasteiger partial charge in [-0.15, -0.1) is 0 Å². The summed E-state index contributed by atoms with van der Waals surface area (Å²) in [5.41, 5.74) is -0.527. The van der Waals surface area contributed by atoms with Crippen LogP contribution in [0, 0.1) is 0 Å². The van der Waals surface area contributed by atoms with Gasteiger partial charge < -0.3 is 34.7 Å². The van der Waals surface area contributed by atoms with Gasteiger partial charge in [-0.3, -0.25) is 4.79 Å². The second kappa shape index (κ2) is 15.1. The van der Waals surface area contributed by atoms with Crippen LogP contribution < -0.4 is 21.0 Å². The SMILES string of the molecule is CC(C)(C)[Si](OCCCCNC(=O)[C@H](CC1(O)CC2OC1CC2O)NC(=O)OCc1ccccc1)(c1ccccc1)c1ccccc1. The lowest BCUT2D eigenvalue weighted by molar-refractivity contribution is -0.126. The van der Waals surface area contributed by atoms with Crippen molar-refractivity contribution in [3.8, 4) is 0 Å². The third-order valence-electron chi connectivity index (χ3n) is 9.36. The smallest absolute Gasteiger partial charge is 0.408 e. The molecule has 2 saturated heterocycles. The van der Waals surface area contributed by atoms with E-state index in [1.54, 1.807) is 0 Å². The predicted molar refractivity (Wildman–Crippen MR) is 183 cm³/mol. The molecule has 0 radical (unpaired) electrons. The molecule has 47 heavy (non-hydrogen) atoms. The largest absolute Gasteiger partial charge is 0.445 e. The standard InChI is InChI=1S/C37H48N2O7Si/c1-36(2,3)47(28-17-9-5-10-18-28,29-19-11-6-12-20-29)45-22-14-13-21-38-34(41)30(24-37(43)25-32-31(40)23-33(37)46-32)39-35(42)44-26-27-15-7-4-8-16-27/h4-12,15-20,30-33,40,43H,13-14,21-26H2,1-3H3,(H,38,41)(H,39,42)/t30-,31?,32?,33?,37?/m0/s1. The Morgan fingerprint density at radius 3 is 2.09 bits per heavy atom. The van der Waals surface area contributed by atoms with Gasteiger partial charge in [-0.1, -0.05) is 112 Å². The van der Waals surface area contributed by atoms with Gasteiger partial charge in [0.05, 0.1) is 23.9 Å². The molecule has 0 saturated carbocycles. The summed E-state index contributed by atoms with van der Waals surface area (Å²) < 4.78 is 18.1. The van der Waals surface area contributed by atoms with Crippen molar-refractivity contribution in [3.05, 3.63) is 96.6 Å². The van der Waals surface area contributed by atoms with E-state index >= 15 is 0 Å². The topological polar surface area (TPSA) is 126 Å². The third-order valence-corrected chi connectivity index (χ3v) is 14.4. The molecule has 0 spiro atoms. The zero-order valence-corrected chi connectivity index (χ0v) is 28.6. The second-order valence-electron chi connectivity index (χ2n) is 13.7. The summed E-state index contributed by atoms with van der Waals surface area (Å²) in [5.74, 6) is -0.411. The van der Waals surface area contributed by atoms with Gasteiger partial charge in [-0.05, 0) is 33.8 Å². The second-order valence-corrected chi connectivity index (χ2v) is 18.1. The minimum atomic E-state index is -2.65. The molecule has 0 aliphatic carbocycles. The molecule has 9 nitrogen and oxygen atoms in total. The molecule has 2 aliphatic heterocycles. The van der Waals surface area contributed by atoms with Crippen LogP contribution in [0.2, 0.25) is 5.04 Å². The fraction of sp³-hybridized carbons (Fsp3) is 0.459. The number of carbonyl (C=O) groups excluding carboxylic acids is 2. The number of carbonyl (C=O) groups is 2. The van der Waals surface area contributed by atoms with Crippen molar-refractivity contribution < 1.29 is 33.7 Å². The van der Waals surface area contributed by atoms with E-state index < -0.39 is 50.3 Å². The highest BCUT2D eigenvalue weighted by molar-refractivity contribution is 6.99. The van der Waals surface area contributed by atoms with Crippen LogP contribution in [0.25, 0.3) is 0 Å². The summed E-state index contributed by atoms with van der Waals surface area (Å²) in [6.45, 7) is 7.68. The Balaban J connectivity index is 1.19. The minimum Gasteiger partial charge on any atom is -0.445 e. The summed E-state index contributed by atoms with van der Waals surface area (Å²) in [6.07, 6.45) is -0.636. The van der Waals surface area contributed by atoms with Crippen LogP contribution in [-0.4, -0.2) is 73.6 Å². The molecule has 10 heteroatoms. The monoisotopic (exact) mass is 660 g/mol. The zero-order chi connectivity index (χ0) is 33.5. The number of hydrogen-bond acceptors (Lipinski definition) is 7. The Morgan fingerprint density at radius 2 is 1.55 bits per heavy atom. The molecule has 4 N–H and O–H groups in total. The van der Waals surface area contributed by atoms with Crippen LogP contribution in [0.15, 0.2) is 91.0 Å². The van der Waals surface area contributed by atoms with Crippen molar-refractivity contribution in [2.45, 2.75) is 94.5 Å². The van der Waals surface area contributed by atoms with Gasteiger partial charge in [-0.2, -0.15) is 0 Å². The quantitative estimate of drug-likeness (QED) is 0.153. The molecule has 2 aliphatic rings. The number of hydrogen-bond donors (Lipinski definition) is 4. The molecular formula is C37H48N2O7Si. The molecule has 3 aromatic rings. The number of amides is 2. The first-order valence-corrected chi connectivity index (χ1v) is 18.5. The van der Waals surface area contributed by atoms with Crippen molar-refractivity contribution in [2.75, 3.05) is 13.2 Å². The molecule has 2 amide bonds. The lowest BCUT2D eigenvalue weighted by Crippen LogP contribution is -2.66. The normalized spacial score (nSPS) is 22.9. The fourth-order valence-electron chi connectivity index (χ4n) is 6.97. The molecule has 2 fully saturated rings. The van der Waals surface area contributed by atoms with Gasteiger partial charge >= 0.3 is 6.09 Å². The molecule has 0 aromatic heterocycles. The average Bonchev–Trinajstić information content (AvgIpc) is 3.59. The Labute approximate surface area is 278 Å². The minimum absolute atomic E-state index is 0.0515. The van der Waals surface area contributed by atoms with E-state index in [1.807, 2.05) is 42.5 Å². The van der Waals surface area contributed by atoms with Crippen LogP contribution in [0.1, 0.15) is 58.4 Å². The van der Waals surface area contributed by atoms with Crippen LogP contribution in [0.4, 0.5) is 4.79 Å². The molecule has 252 valence electrons. The molecule has 2 bridgehead atoms. The highest BCUT2D eigenvalue weighted by atomic mass is 28.4. The first-order chi connectivity index (χ1) is 22.5. The molecule has 5 rings (SSSR count). The van der Waals surface area contributed by atoms with Crippen molar-refractivity contribution in [3.63, 3.8) is 0 Å². The van der Waals surface area contributed by atoms with E-state index in [-0.39, 0.29) is 24.5 Å². The maximum Gasteiger partial charge on any atom is 0.408 e. The van der Waals surface area contributed by atoms with Gasteiger partial charge in [0.1, 0.15) is 12.6 Å². The van der Waals surface area contributed by atoms with Gasteiger partial charge in [0.2, 0.25) is 5.91 Å². The number of fused-ring (bicyclic) bond motifs is 2. The molecule has 2 heterocycles. The van der Waals surface area contributed by atoms with Crippen molar-refractivity contribution in [2.24, 2.45) is 0 Å². The van der Waals surface area contributed by atoms with E-state index in [4.69, 9.17) is 13.9 Å². The number of rotatable bonds is 14. The van der Waals surface area contributed by atoms with E-state index in [2.05, 4.69) is 79.9 Å². The van der Waals surface area contributed by atoms with E-state index in [0.717, 1.165) is 12.0 Å². The lowest BCUT2D eigenvalue weighted by atomic mass is 9.79. The Morgan fingerprint density at radius 1 is 0.957 bits per heavy atom.